The SMILES string of the molecule is CCCC1CN(S(=O)(=O)c2ccc(OC)c(OC)c2)CC1NC(C)=O. The minimum absolute atomic E-state index is 0.115. The molecule has 1 aromatic carbocycles. The molecule has 25 heavy (non-hydrogen) atoms. The van der Waals surface area contributed by atoms with Crippen molar-refractivity contribution >= 4 is 15.9 Å². The van der Waals surface area contributed by atoms with Crippen LogP contribution in [0.15, 0.2) is 23.1 Å². The normalized spacial score (nSPS) is 21.1. The fraction of sp³-hybridized carbons (Fsp3) is 0.588. The molecule has 1 heterocycles. The molecular formula is C17H26N2O5S. The van der Waals surface area contributed by atoms with Crippen LogP contribution >= 0.6 is 0 Å². The lowest BCUT2D eigenvalue weighted by atomic mass is 9.98. The van der Waals surface area contributed by atoms with Crippen LogP contribution in [0.1, 0.15) is 26.7 Å². The average Bonchev–Trinajstić information content (AvgIpc) is 2.97. The van der Waals surface area contributed by atoms with E-state index in [2.05, 4.69) is 12.2 Å². The van der Waals surface area contributed by atoms with Crippen LogP contribution in [-0.4, -0.2) is 52.0 Å². The molecule has 7 nitrogen and oxygen atoms in total. The van der Waals surface area contributed by atoms with Gasteiger partial charge in [-0.1, -0.05) is 13.3 Å². The lowest BCUT2D eigenvalue weighted by molar-refractivity contribution is -0.119. The van der Waals surface area contributed by atoms with Gasteiger partial charge in [-0.15, -0.1) is 0 Å². The summed E-state index contributed by atoms with van der Waals surface area (Å²) in [6, 6.07) is 4.40. The number of hydrogen-bond donors (Lipinski definition) is 1. The molecular weight excluding hydrogens is 344 g/mol. The predicted molar refractivity (Wildman–Crippen MR) is 94.3 cm³/mol. The largest absolute Gasteiger partial charge is 0.493 e. The van der Waals surface area contributed by atoms with Crippen LogP contribution in [0, 0.1) is 5.92 Å². The van der Waals surface area contributed by atoms with Gasteiger partial charge in [0, 0.05) is 32.1 Å². The highest BCUT2D eigenvalue weighted by Gasteiger charge is 2.39. The molecule has 1 aliphatic heterocycles. The van der Waals surface area contributed by atoms with Crippen LogP contribution in [0.2, 0.25) is 0 Å². The molecule has 1 N–H and O–H groups in total. The molecule has 2 rings (SSSR count). The predicted octanol–water partition coefficient (Wildman–Crippen LogP) is 1.63. The second-order valence-corrected chi connectivity index (χ2v) is 8.13. The number of carbonyl (C=O) groups is 1. The fourth-order valence-electron chi connectivity index (χ4n) is 3.24. The minimum atomic E-state index is -3.67. The van der Waals surface area contributed by atoms with Crippen molar-refractivity contribution in [3.05, 3.63) is 18.2 Å². The zero-order valence-corrected chi connectivity index (χ0v) is 15.9. The molecule has 8 heteroatoms. The van der Waals surface area contributed by atoms with E-state index >= 15 is 0 Å². The third-order valence-corrected chi connectivity index (χ3v) is 6.28. The van der Waals surface area contributed by atoms with Gasteiger partial charge < -0.3 is 14.8 Å². The van der Waals surface area contributed by atoms with Gasteiger partial charge in [0.2, 0.25) is 15.9 Å². The van der Waals surface area contributed by atoms with Gasteiger partial charge in [0.1, 0.15) is 0 Å². The quantitative estimate of drug-likeness (QED) is 0.788. The van der Waals surface area contributed by atoms with Crippen molar-refractivity contribution in [3.8, 4) is 11.5 Å². The number of carbonyl (C=O) groups excluding carboxylic acids is 1. The first-order valence-corrected chi connectivity index (χ1v) is 9.76. The topological polar surface area (TPSA) is 84.9 Å². The van der Waals surface area contributed by atoms with Crippen molar-refractivity contribution < 1.29 is 22.7 Å². The van der Waals surface area contributed by atoms with Crippen LogP contribution in [-0.2, 0) is 14.8 Å². The standard InChI is InChI=1S/C17H26N2O5S/c1-5-6-13-10-19(11-15(13)18-12(2)20)25(21,22)14-7-8-16(23-3)17(9-14)24-4/h7-9,13,15H,5-6,10-11H2,1-4H3,(H,18,20). The van der Waals surface area contributed by atoms with Crippen LogP contribution < -0.4 is 14.8 Å². The molecule has 1 fully saturated rings. The molecule has 0 saturated carbocycles. The van der Waals surface area contributed by atoms with Gasteiger partial charge in [-0.2, -0.15) is 4.31 Å². The van der Waals surface area contributed by atoms with Crippen molar-refractivity contribution in [2.75, 3.05) is 27.3 Å². The van der Waals surface area contributed by atoms with Gasteiger partial charge in [0.05, 0.1) is 19.1 Å². The number of hydrogen-bond acceptors (Lipinski definition) is 5. The van der Waals surface area contributed by atoms with Gasteiger partial charge in [-0.25, -0.2) is 8.42 Å². The average molecular weight is 370 g/mol. The number of sulfonamides is 1. The van der Waals surface area contributed by atoms with E-state index in [0.717, 1.165) is 12.8 Å². The molecule has 140 valence electrons. The third-order valence-electron chi connectivity index (χ3n) is 4.45. The number of amides is 1. The van der Waals surface area contributed by atoms with E-state index < -0.39 is 10.0 Å². The van der Waals surface area contributed by atoms with Crippen molar-refractivity contribution in [3.63, 3.8) is 0 Å². The lowest BCUT2D eigenvalue weighted by Crippen LogP contribution is -2.39. The Morgan fingerprint density at radius 1 is 1.24 bits per heavy atom. The summed E-state index contributed by atoms with van der Waals surface area (Å²) in [4.78, 5) is 11.6. The fourth-order valence-corrected chi connectivity index (χ4v) is 4.78. The minimum Gasteiger partial charge on any atom is -0.493 e. The van der Waals surface area contributed by atoms with E-state index in [-0.39, 0.29) is 29.3 Å². The number of nitrogens with one attached hydrogen (secondary N) is 1. The van der Waals surface area contributed by atoms with E-state index in [0.29, 0.717) is 18.0 Å². The third kappa shape index (κ3) is 4.24. The molecule has 0 bridgehead atoms. The summed E-state index contributed by atoms with van der Waals surface area (Å²) in [7, 11) is -0.703. The van der Waals surface area contributed by atoms with Crippen LogP contribution in [0.4, 0.5) is 0 Å². The summed E-state index contributed by atoms with van der Waals surface area (Å²) in [6.45, 7) is 4.18. The van der Waals surface area contributed by atoms with E-state index in [1.807, 2.05) is 0 Å². The summed E-state index contributed by atoms with van der Waals surface area (Å²) in [5.41, 5.74) is 0. The van der Waals surface area contributed by atoms with Gasteiger partial charge in [-0.3, -0.25) is 4.79 Å². The molecule has 0 radical (unpaired) electrons. The van der Waals surface area contributed by atoms with Crippen LogP contribution in [0.25, 0.3) is 0 Å². The first kappa shape index (κ1) is 19.5. The van der Waals surface area contributed by atoms with Crippen molar-refractivity contribution in [2.24, 2.45) is 5.92 Å². The number of nitrogens with zero attached hydrogens (tertiary/aromatic N) is 1. The molecule has 0 aromatic heterocycles. The first-order valence-electron chi connectivity index (χ1n) is 8.32. The Morgan fingerprint density at radius 3 is 2.48 bits per heavy atom. The molecule has 2 atom stereocenters. The van der Waals surface area contributed by atoms with Crippen molar-refractivity contribution in [1.29, 1.82) is 0 Å². The summed E-state index contributed by atoms with van der Waals surface area (Å²) < 4.78 is 37.8. The number of methoxy groups -OCH3 is 2. The maximum atomic E-state index is 13.0. The zero-order chi connectivity index (χ0) is 18.6. The number of ether oxygens (including phenoxy) is 2. The Bertz CT molecular complexity index is 720. The highest BCUT2D eigenvalue weighted by Crippen LogP contribution is 2.33. The van der Waals surface area contributed by atoms with Gasteiger partial charge >= 0.3 is 0 Å². The molecule has 1 saturated heterocycles. The number of rotatable bonds is 7. The maximum Gasteiger partial charge on any atom is 0.243 e. The Morgan fingerprint density at radius 2 is 1.92 bits per heavy atom. The second kappa shape index (κ2) is 8.05. The van der Waals surface area contributed by atoms with Crippen LogP contribution in [0.5, 0.6) is 11.5 Å². The smallest absolute Gasteiger partial charge is 0.243 e. The van der Waals surface area contributed by atoms with Gasteiger partial charge in [0.25, 0.3) is 0 Å². The highest BCUT2D eigenvalue weighted by molar-refractivity contribution is 7.89. The summed E-state index contributed by atoms with van der Waals surface area (Å²) in [5.74, 6) is 0.814. The zero-order valence-electron chi connectivity index (χ0n) is 15.1. The Balaban J connectivity index is 2.28. The van der Waals surface area contributed by atoms with Crippen LogP contribution in [0.3, 0.4) is 0 Å². The molecule has 2 unspecified atom stereocenters. The highest BCUT2D eigenvalue weighted by atomic mass is 32.2. The molecule has 1 aliphatic rings. The van der Waals surface area contributed by atoms with Gasteiger partial charge in [-0.05, 0) is 24.5 Å². The summed E-state index contributed by atoms with van der Waals surface area (Å²) in [6.07, 6.45) is 1.80. The van der Waals surface area contributed by atoms with E-state index in [9.17, 15) is 13.2 Å². The maximum absolute atomic E-state index is 13.0. The Labute approximate surface area is 149 Å². The lowest BCUT2D eigenvalue weighted by Gasteiger charge is -2.18. The molecule has 1 aromatic rings. The Kier molecular flexibility index (Phi) is 6.29. The first-order chi connectivity index (χ1) is 11.8. The van der Waals surface area contributed by atoms with E-state index in [4.69, 9.17) is 9.47 Å². The second-order valence-electron chi connectivity index (χ2n) is 6.19. The van der Waals surface area contributed by atoms with Gasteiger partial charge in [0.15, 0.2) is 11.5 Å². The monoisotopic (exact) mass is 370 g/mol. The molecule has 1 amide bonds. The van der Waals surface area contributed by atoms with E-state index in [1.165, 1.54) is 37.6 Å². The van der Waals surface area contributed by atoms with Crippen molar-refractivity contribution in [1.82, 2.24) is 9.62 Å². The summed E-state index contributed by atoms with van der Waals surface area (Å²) >= 11 is 0. The number of benzene rings is 1. The van der Waals surface area contributed by atoms with E-state index in [1.54, 1.807) is 6.07 Å². The molecule has 0 aliphatic carbocycles. The summed E-state index contributed by atoms with van der Waals surface area (Å²) in [5, 5.41) is 2.88. The Hall–Kier alpha value is -1.80. The molecule has 0 spiro atoms. The van der Waals surface area contributed by atoms with Crippen molar-refractivity contribution in [2.45, 2.75) is 37.6 Å².